The van der Waals surface area contributed by atoms with Gasteiger partial charge in [-0.1, -0.05) is 0 Å². The van der Waals surface area contributed by atoms with Crippen molar-refractivity contribution in [2.45, 2.75) is 19.4 Å². The van der Waals surface area contributed by atoms with Crippen LogP contribution >= 0.6 is 12.2 Å². The van der Waals surface area contributed by atoms with Crippen molar-refractivity contribution in [3.63, 3.8) is 0 Å². The molecule has 0 spiro atoms. The van der Waals surface area contributed by atoms with Gasteiger partial charge in [0.25, 0.3) is 5.56 Å². The Morgan fingerprint density at radius 3 is 2.33 bits per heavy atom. The normalized spacial score (nSPS) is 15.7. The lowest BCUT2D eigenvalue weighted by Crippen LogP contribution is -2.24. The van der Waals surface area contributed by atoms with E-state index in [0.717, 1.165) is 0 Å². The van der Waals surface area contributed by atoms with E-state index in [0.29, 0.717) is 22.8 Å². The van der Waals surface area contributed by atoms with Gasteiger partial charge in [-0.2, -0.15) is 5.10 Å². The molecule has 11 heteroatoms. The van der Waals surface area contributed by atoms with Crippen molar-refractivity contribution in [2.75, 3.05) is 21.3 Å². The number of aromatic nitrogens is 2. The maximum absolute atomic E-state index is 12.5. The van der Waals surface area contributed by atoms with Crippen molar-refractivity contribution in [3.05, 3.63) is 38.4 Å². The van der Waals surface area contributed by atoms with Crippen LogP contribution in [0.25, 0.3) is 0 Å². The summed E-state index contributed by atoms with van der Waals surface area (Å²) in [6, 6.07) is 2.90. The number of amides is 1. The van der Waals surface area contributed by atoms with Crippen LogP contribution in [0.5, 0.6) is 23.1 Å². The highest BCUT2D eigenvalue weighted by Gasteiger charge is 2.35. The molecule has 1 amide bonds. The largest absolute Gasteiger partial charge is 0.494 e. The van der Waals surface area contributed by atoms with Gasteiger partial charge in [0, 0.05) is 20.4 Å². The highest BCUT2D eigenvalue weighted by atomic mass is 32.1. The van der Waals surface area contributed by atoms with E-state index in [1.807, 2.05) is 0 Å². The van der Waals surface area contributed by atoms with Gasteiger partial charge < -0.3 is 19.3 Å². The third kappa shape index (κ3) is 3.52. The summed E-state index contributed by atoms with van der Waals surface area (Å²) < 4.78 is 17.5. The van der Waals surface area contributed by atoms with Crippen LogP contribution in [0.2, 0.25) is 0 Å². The lowest BCUT2D eigenvalue weighted by Gasteiger charge is -2.22. The van der Waals surface area contributed by atoms with Gasteiger partial charge in [0.2, 0.25) is 17.5 Å². The molecule has 1 aliphatic rings. The zero-order valence-corrected chi connectivity index (χ0v) is 18.0. The van der Waals surface area contributed by atoms with Crippen LogP contribution in [0.1, 0.15) is 30.5 Å². The number of methoxy groups -OCH3 is 3. The van der Waals surface area contributed by atoms with Crippen LogP contribution in [-0.4, -0.2) is 52.6 Å². The monoisotopic (exact) mass is 434 g/mol. The molecule has 0 bridgehead atoms. The number of hydrogen-bond donors (Lipinski definition) is 2. The van der Waals surface area contributed by atoms with Crippen molar-refractivity contribution in [1.29, 1.82) is 0 Å². The number of ether oxygens (including phenoxy) is 3. The van der Waals surface area contributed by atoms with Gasteiger partial charge in [-0.25, -0.2) is 5.01 Å². The van der Waals surface area contributed by atoms with E-state index in [-0.39, 0.29) is 34.3 Å². The molecule has 0 radical (unpaired) electrons. The van der Waals surface area contributed by atoms with Gasteiger partial charge in [0.15, 0.2) is 16.3 Å². The van der Waals surface area contributed by atoms with Crippen molar-refractivity contribution in [2.24, 2.45) is 12.1 Å². The predicted molar refractivity (Wildman–Crippen MR) is 111 cm³/mol. The molecular formula is C19H22N4O6S. The van der Waals surface area contributed by atoms with Gasteiger partial charge in [-0.15, -0.1) is 0 Å². The number of carbonyl (C=O) groups is 1. The molecule has 1 aromatic heterocycles. The molecule has 10 nitrogen and oxygen atoms in total. The Morgan fingerprint density at radius 1 is 1.23 bits per heavy atom. The molecule has 0 saturated heterocycles. The zero-order chi connectivity index (χ0) is 22.2. The molecule has 1 atom stereocenters. The van der Waals surface area contributed by atoms with Gasteiger partial charge in [-0.3, -0.25) is 19.1 Å². The first-order valence-corrected chi connectivity index (χ1v) is 9.34. The Balaban J connectivity index is 2.13. The number of nitrogens with zero attached hydrogens (tertiary/aromatic N) is 3. The smallest absolute Gasteiger partial charge is 0.264 e. The molecule has 1 aliphatic heterocycles. The number of nitrogens with one attached hydrogen (secondary N) is 1. The second-order valence-corrected chi connectivity index (χ2v) is 6.99. The average Bonchev–Trinajstić information content (AvgIpc) is 3.16. The fourth-order valence-corrected chi connectivity index (χ4v) is 3.55. The molecule has 1 aromatic carbocycles. The summed E-state index contributed by atoms with van der Waals surface area (Å²) in [4.78, 5) is 27.3. The highest BCUT2D eigenvalue weighted by Crippen LogP contribution is 2.43. The van der Waals surface area contributed by atoms with E-state index in [9.17, 15) is 14.7 Å². The Hall–Kier alpha value is -3.34. The maximum Gasteiger partial charge on any atom is 0.264 e. The number of aromatic hydroxyl groups is 1. The van der Waals surface area contributed by atoms with Gasteiger partial charge in [0.05, 0.1) is 33.1 Å². The molecule has 0 fully saturated rings. The first kappa shape index (κ1) is 21.4. The van der Waals surface area contributed by atoms with E-state index < -0.39 is 11.6 Å². The van der Waals surface area contributed by atoms with Gasteiger partial charge in [-0.05, 0) is 29.9 Å². The summed E-state index contributed by atoms with van der Waals surface area (Å²) in [5, 5.41) is 16.1. The zero-order valence-electron chi connectivity index (χ0n) is 17.2. The fourth-order valence-electron chi connectivity index (χ4n) is 3.37. The SMILES string of the molecule is COc1cc([C@@H]2CC(c3c(O)n(C)c(=S)[nH]c3=O)=NN2C(C)=O)cc(OC)c1OC. The maximum atomic E-state index is 12.5. The molecule has 2 N–H and O–H groups in total. The van der Waals surface area contributed by atoms with Crippen LogP contribution in [-0.2, 0) is 11.8 Å². The molecule has 0 unspecified atom stereocenters. The predicted octanol–water partition coefficient (Wildman–Crippen LogP) is 1.87. The number of hydrogen-bond acceptors (Lipinski definition) is 8. The lowest BCUT2D eigenvalue weighted by atomic mass is 9.98. The highest BCUT2D eigenvalue weighted by molar-refractivity contribution is 7.71. The van der Waals surface area contributed by atoms with Crippen molar-refractivity contribution < 1.29 is 24.1 Å². The minimum absolute atomic E-state index is 0.0349. The second-order valence-electron chi connectivity index (χ2n) is 6.61. The quantitative estimate of drug-likeness (QED) is 0.690. The fraction of sp³-hybridized carbons (Fsp3) is 0.368. The summed E-state index contributed by atoms with van der Waals surface area (Å²) >= 11 is 5.01. The molecule has 0 saturated carbocycles. The molecule has 3 rings (SSSR count). The van der Waals surface area contributed by atoms with Crippen LogP contribution in [0.15, 0.2) is 22.0 Å². The Bertz CT molecular complexity index is 1130. The Labute approximate surface area is 177 Å². The topological polar surface area (TPSA) is 118 Å². The number of H-pyrrole nitrogens is 1. The van der Waals surface area contributed by atoms with Crippen molar-refractivity contribution in [1.82, 2.24) is 14.6 Å². The average molecular weight is 434 g/mol. The molecule has 2 aromatic rings. The number of benzene rings is 1. The molecule has 2 heterocycles. The minimum Gasteiger partial charge on any atom is -0.494 e. The molecule has 30 heavy (non-hydrogen) atoms. The summed E-state index contributed by atoms with van der Waals surface area (Å²) in [6.45, 7) is 1.37. The van der Waals surface area contributed by atoms with Crippen LogP contribution < -0.4 is 19.8 Å². The van der Waals surface area contributed by atoms with Crippen molar-refractivity contribution in [3.8, 4) is 23.1 Å². The van der Waals surface area contributed by atoms with E-state index in [1.54, 1.807) is 12.1 Å². The third-order valence-corrected chi connectivity index (χ3v) is 5.26. The molecule has 0 aliphatic carbocycles. The van der Waals surface area contributed by atoms with Crippen LogP contribution in [0, 0.1) is 4.77 Å². The van der Waals surface area contributed by atoms with E-state index in [2.05, 4.69) is 10.1 Å². The lowest BCUT2D eigenvalue weighted by molar-refractivity contribution is -0.130. The van der Waals surface area contributed by atoms with Gasteiger partial charge in [0.1, 0.15) is 5.56 Å². The number of rotatable bonds is 5. The first-order chi connectivity index (χ1) is 14.2. The second kappa shape index (κ2) is 8.19. The number of aromatic amines is 1. The molecular weight excluding hydrogens is 412 g/mol. The third-order valence-electron chi connectivity index (χ3n) is 4.89. The van der Waals surface area contributed by atoms with E-state index >= 15 is 0 Å². The Morgan fingerprint density at radius 2 is 1.83 bits per heavy atom. The summed E-state index contributed by atoms with van der Waals surface area (Å²) in [7, 11) is 6.01. The summed E-state index contributed by atoms with van der Waals surface area (Å²) in [6.07, 6.45) is 0.186. The number of hydrazone groups is 1. The van der Waals surface area contributed by atoms with Crippen LogP contribution in [0.3, 0.4) is 0 Å². The van der Waals surface area contributed by atoms with E-state index in [1.165, 1.54) is 44.9 Å². The first-order valence-electron chi connectivity index (χ1n) is 8.93. The Kier molecular flexibility index (Phi) is 5.83. The van der Waals surface area contributed by atoms with E-state index in [4.69, 9.17) is 26.4 Å². The van der Waals surface area contributed by atoms with Crippen LogP contribution in [0.4, 0.5) is 0 Å². The standard InChI is InChI=1S/C19H22N4O6S/c1-9(24)23-12(10-6-13(27-3)16(29-5)14(7-10)28-4)8-11(21-23)15-17(25)20-19(30)22(2)18(15)26/h6-7,12,26H,8H2,1-5H3,(H,20,25,30)/t12-/m0/s1. The number of carbonyl (C=O) groups excluding carboxylic acids is 1. The minimum atomic E-state index is -0.580. The van der Waals surface area contributed by atoms with Crippen molar-refractivity contribution >= 4 is 23.8 Å². The van der Waals surface area contributed by atoms with Gasteiger partial charge >= 0.3 is 0 Å². The summed E-state index contributed by atoms with van der Waals surface area (Å²) in [5.74, 6) is 0.609. The molecule has 160 valence electrons. The summed E-state index contributed by atoms with van der Waals surface area (Å²) in [5.41, 5.74) is 0.308.